The van der Waals surface area contributed by atoms with E-state index >= 15 is 0 Å². The highest BCUT2D eigenvalue weighted by atomic mass is 35.5. The largest absolute Gasteiger partial charge is 0.461 e. The van der Waals surface area contributed by atoms with E-state index in [0.717, 1.165) is 6.42 Å². The fourth-order valence-electron chi connectivity index (χ4n) is 1.69. The fourth-order valence-corrected chi connectivity index (χ4v) is 2.53. The molecule has 0 spiro atoms. The van der Waals surface area contributed by atoms with Gasteiger partial charge in [-0.2, -0.15) is 26.3 Å². The number of thiophene rings is 1. The summed E-state index contributed by atoms with van der Waals surface area (Å²) < 4.78 is 5.44. The first-order valence-corrected chi connectivity index (χ1v) is 7.71. The van der Waals surface area contributed by atoms with Crippen LogP contribution in [0.3, 0.4) is 0 Å². The van der Waals surface area contributed by atoms with Crippen molar-refractivity contribution in [2.75, 3.05) is 5.32 Å². The Bertz CT molecular complexity index is 547. The Balaban J connectivity index is 2.02. The maximum Gasteiger partial charge on any atom is 0.322 e. The van der Waals surface area contributed by atoms with Crippen LogP contribution in [0.1, 0.15) is 26.3 Å². The highest BCUT2D eigenvalue weighted by Gasteiger charge is 2.10. The quantitative estimate of drug-likeness (QED) is 0.885. The molecule has 2 aromatic heterocycles. The third-order valence-electron chi connectivity index (χ3n) is 2.43. The van der Waals surface area contributed by atoms with Crippen LogP contribution in [0, 0.1) is 0 Å². The Morgan fingerprint density at radius 2 is 2.10 bits per heavy atom. The molecule has 7 heteroatoms. The molecule has 0 aromatic carbocycles. The lowest BCUT2D eigenvalue weighted by Crippen LogP contribution is -2.20. The van der Waals surface area contributed by atoms with Crippen LogP contribution >= 0.6 is 22.9 Å². The number of hydrogen-bond acceptors (Lipinski definition) is 6. The van der Waals surface area contributed by atoms with Crippen LogP contribution in [-0.4, -0.2) is 27.1 Å². The Morgan fingerprint density at radius 3 is 2.75 bits per heavy atom. The highest BCUT2D eigenvalue weighted by Crippen LogP contribution is 2.15. The van der Waals surface area contributed by atoms with Gasteiger partial charge in [0.25, 0.3) is 0 Å². The molecule has 2 aromatic rings. The maximum atomic E-state index is 5.88. The summed E-state index contributed by atoms with van der Waals surface area (Å²) in [5.74, 6) is 0.434. The summed E-state index contributed by atoms with van der Waals surface area (Å²) in [6.45, 7) is 5.88. The number of ether oxygens (including phenoxy) is 1. The van der Waals surface area contributed by atoms with Crippen molar-refractivity contribution < 1.29 is 4.74 Å². The van der Waals surface area contributed by atoms with Crippen LogP contribution in [-0.2, 0) is 6.42 Å². The minimum Gasteiger partial charge on any atom is -0.461 e. The number of nitrogens with zero attached hydrogens (tertiary/aromatic N) is 3. The molecule has 0 aliphatic carbocycles. The van der Waals surface area contributed by atoms with Gasteiger partial charge in [0.05, 0.1) is 6.10 Å². The average molecular weight is 313 g/mol. The van der Waals surface area contributed by atoms with Gasteiger partial charge in [-0.3, -0.25) is 0 Å². The van der Waals surface area contributed by atoms with E-state index in [1.165, 1.54) is 5.56 Å². The average Bonchev–Trinajstić information content (AvgIpc) is 2.79. The SMILES string of the molecule is CC(Cc1ccsc1)Nc1nc(Cl)nc(OC(C)C)n1. The number of aromatic nitrogens is 3. The molecule has 5 nitrogen and oxygen atoms in total. The molecule has 0 aliphatic rings. The number of hydrogen-bond donors (Lipinski definition) is 1. The van der Waals surface area contributed by atoms with Crippen molar-refractivity contribution in [3.63, 3.8) is 0 Å². The summed E-state index contributed by atoms with van der Waals surface area (Å²) in [5, 5.41) is 7.54. The van der Waals surface area contributed by atoms with E-state index in [4.69, 9.17) is 16.3 Å². The zero-order chi connectivity index (χ0) is 14.5. The molecule has 2 rings (SSSR count). The van der Waals surface area contributed by atoms with Crippen LogP contribution < -0.4 is 10.1 Å². The van der Waals surface area contributed by atoms with E-state index in [1.54, 1.807) is 11.3 Å². The van der Waals surface area contributed by atoms with Gasteiger partial charge in [0.1, 0.15) is 0 Å². The van der Waals surface area contributed by atoms with Gasteiger partial charge in [-0.1, -0.05) is 0 Å². The summed E-state index contributed by atoms with van der Waals surface area (Å²) in [7, 11) is 0. The smallest absolute Gasteiger partial charge is 0.322 e. The second kappa shape index (κ2) is 6.85. The third kappa shape index (κ3) is 4.61. The molecule has 2 heterocycles. The standard InChI is InChI=1S/C13H17ClN4OS/c1-8(2)19-13-17-11(14)16-12(18-13)15-9(3)6-10-4-5-20-7-10/h4-5,7-9H,6H2,1-3H3,(H,15,16,17,18). The zero-order valence-electron chi connectivity index (χ0n) is 11.6. The van der Waals surface area contributed by atoms with Gasteiger partial charge in [0.2, 0.25) is 11.2 Å². The predicted octanol–water partition coefficient (Wildman–Crippen LogP) is 3.42. The number of rotatable bonds is 6. The van der Waals surface area contributed by atoms with E-state index in [2.05, 4.69) is 44.0 Å². The Morgan fingerprint density at radius 1 is 1.30 bits per heavy atom. The maximum absolute atomic E-state index is 5.88. The zero-order valence-corrected chi connectivity index (χ0v) is 13.2. The molecule has 1 N–H and O–H groups in total. The topological polar surface area (TPSA) is 59.9 Å². The summed E-state index contributed by atoms with van der Waals surface area (Å²) in [4.78, 5) is 12.2. The summed E-state index contributed by atoms with van der Waals surface area (Å²) >= 11 is 7.57. The second-order valence-corrected chi connectivity index (χ2v) is 5.88. The van der Waals surface area contributed by atoms with Gasteiger partial charge in [0, 0.05) is 6.04 Å². The van der Waals surface area contributed by atoms with Crippen molar-refractivity contribution in [3.8, 4) is 6.01 Å². The van der Waals surface area contributed by atoms with Crippen molar-refractivity contribution in [2.24, 2.45) is 0 Å². The first kappa shape index (κ1) is 15.0. The lowest BCUT2D eigenvalue weighted by atomic mass is 10.1. The van der Waals surface area contributed by atoms with Crippen LogP contribution in [0.25, 0.3) is 0 Å². The van der Waals surface area contributed by atoms with E-state index < -0.39 is 0 Å². The van der Waals surface area contributed by atoms with Gasteiger partial charge >= 0.3 is 6.01 Å². The molecule has 108 valence electrons. The molecule has 0 bridgehead atoms. The molecule has 0 amide bonds. The summed E-state index contributed by atoms with van der Waals surface area (Å²) in [6, 6.07) is 2.54. The van der Waals surface area contributed by atoms with Gasteiger partial charge in [-0.05, 0) is 61.2 Å². The molecule has 0 saturated carbocycles. The lowest BCUT2D eigenvalue weighted by Gasteiger charge is -2.14. The molecular formula is C13H17ClN4OS. The van der Waals surface area contributed by atoms with Crippen molar-refractivity contribution in [2.45, 2.75) is 39.3 Å². The normalized spacial score (nSPS) is 12.4. The lowest BCUT2D eigenvalue weighted by molar-refractivity contribution is 0.222. The Labute approximate surface area is 127 Å². The van der Waals surface area contributed by atoms with E-state index in [9.17, 15) is 0 Å². The minimum atomic E-state index is -0.00968. The number of nitrogens with one attached hydrogen (secondary N) is 1. The molecule has 20 heavy (non-hydrogen) atoms. The highest BCUT2D eigenvalue weighted by molar-refractivity contribution is 7.07. The first-order chi connectivity index (χ1) is 9.52. The van der Waals surface area contributed by atoms with Crippen molar-refractivity contribution in [1.29, 1.82) is 0 Å². The molecule has 1 atom stereocenters. The van der Waals surface area contributed by atoms with Gasteiger partial charge in [0.15, 0.2) is 0 Å². The monoisotopic (exact) mass is 312 g/mol. The van der Waals surface area contributed by atoms with Gasteiger partial charge in [-0.15, -0.1) is 0 Å². The Hall–Kier alpha value is -1.40. The molecule has 0 radical (unpaired) electrons. The molecule has 0 aliphatic heterocycles. The van der Waals surface area contributed by atoms with Gasteiger partial charge < -0.3 is 10.1 Å². The van der Waals surface area contributed by atoms with E-state index in [0.29, 0.717) is 5.95 Å². The summed E-state index contributed by atoms with van der Waals surface area (Å²) in [5.41, 5.74) is 1.29. The van der Waals surface area contributed by atoms with Crippen molar-refractivity contribution in [1.82, 2.24) is 15.0 Å². The minimum absolute atomic E-state index is 0.00968. The summed E-state index contributed by atoms with van der Waals surface area (Å²) in [6.07, 6.45) is 0.886. The predicted molar refractivity (Wildman–Crippen MR) is 81.7 cm³/mol. The Kier molecular flexibility index (Phi) is 5.14. The van der Waals surface area contributed by atoms with E-state index in [-0.39, 0.29) is 23.4 Å². The van der Waals surface area contributed by atoms with Crippen molar-refractivity contribution in [3.05, 3.63) is 27.7 Å². The first-order valence-electron chi connectivity index (χ1n) is 6.39. The van der Waals surface area contributed by atoms with Crippen LogP contribution in [0.2, 0.25) is 5.28 Å². The fraction of sp³-hybridized carbons (Fsp3) is 0.462. The van der Waals surface area contributed by atoms with Crippen LogP contribution in [0.5, 0.6) is 6.01 Å². The molecular weight excluding hydrogens is 296 g/mol. The van der Waals surface area contributed by atoms with Crippen molar-refractivity contribution >= 4 is 28.9 Å². The van der Waals surface area contributed by atoms with E-state index in [1.807, 2.05) is 13.8 Å². The number of halogens is 1. The second-order valence-electron chi connectivity index (χ2n) is 4.76. The van der Waals surface area contributed by atoms with Crippen LogP contribution in [0.4, 0.5) is 5.95 Å². The number of anilines is 1. The molecule has 1 unspecified atom stereocenters. The molecule has 0 saturated heterocycles. The van der Waals surface area contributed by atoms with Crippen LogP contribution in [0.15, 0.2) is 16.8 Å². The molecule has 0 fully saturated rings. The van der Waals surface area contributed by atoms with Gasteiger partial charge in [-0.25, -0.2) is 0 Å². The third-order valence-corrected chi connectivity index (χ3v) is 3.33.